The van der Waals surface area contributed by atoms with Crippen molar-refractivity contribution in [2.75, 3.05) is 57.8 Å². The van der Waals surface area contributed by atoms with Crippen LogP contribution in [-0.4, -0.2) is 82.4 Å². The molecule has 2 aliphatic heterocycles. The Bertz CT molecular complexity index is 960. The first kappa shape index (κ1) is 26.4. The lowest BCUT2D eigenvalue weighted by molar-refractivity contribution is -0.125. The second-order valence-corrected chi connectivity index (χ2v) is 11.3. The Morgan fingerprint density at radius 2 is 1.91 bits per heavy atom. The zero-order chi connectivity index (χ0) is 24.7. The highest BCUT2D eigenvalue weighted by molar-refractivity contribution is 7.89. The van der Waals surface area contributed by atoms with Crippen LogP contribution in [0.4, 0.5) is 5.69 Å². The lowest BCUT2D eigenvalue weighted by Crippen LogP contribution is -2.45. The van der Waals surface area contributed by atoms with E-state index in [2.05, 4.69) is 31.1 Å². The van der Waals surface area contributed by atoms with E-state index in [-0.39, 0.29) is 29.9 Å². The minimum atomic E-state index is -3.69. The molecule has 0 spiro atoms. The number of sulfonamides is 1. The molecule has 0 bridgehead atoms. The summed E-state index contributed by atoms with van der Waals surface area (Å²) in [5.74, 6) is 0.252. The quantitative estimate of drug-likeness (QED) is 0.473. The third kappa shape index (κ3) is 6.70. The van der Waals surface area contributed by atoms with Crippen molar-refractivity contribution in [3.63, 3.8) is 0 Å². The molecule has 10 heteroatoms. The summed E-state index contributed by atoms with van der Waals surface area (Å²) in [5.41, 5.74) is 0.317. The number of amides is 2. The number of hydrogen-bond donors (Lipinski definition) is 1. The third-order valence-electron chi connectivity index (χ3n) is 6.49. The zero-order valence-electron chi connectivity index (χ0n) is 20.6. The van der Waals surface area contributed by atoms with Gasteiger partial charge in [0.1, 0.15) is 12.3 Å². The fourth-order valence-electron chi connectivity index (χ4n) is 4.21. The normalized spacial score (nSPS) is 17.5. The highest BCUT2D eigenvalue weighted by Crippen LogP contribution is 2.35. The fraction of sp³-hybridized carbons (Fsp3) is 0.667. The van der Waals surface area contributed by atoms with E-state index < -0.39 is 10.0 Å². The van der Waals surface area contributed by atoms with Gasteiger partial charge in [0.25, 0.3) is 5.91 Å². The average molecular weight is 495 g/mol. The van der Waals surface area contributed by atoms with Gasteiger partial charge in [-0.2, -0.15) is 4.31 Å². The molecule has 2 heterocycles. The molecule has 1 N–H and O–H groups in total. The highest BCUT2D eigenvalue weighted by atomic mass is 32.2. The molecular weight excluding hydrogens is 456 g/mol. The van der Waals surface area contributed by atoms with Crippen molar-refractivity contribution in [3.05, 3.63) is 18.2 Å². The SMILES string of the molecule is CCCCN(C)CCCNC(=O)CN1C(=O)COc2ccc(S(=O)(=O)N3CCC(C)CC3)cc21. The van der Waals surface area contributed by atoms with Crippen LogP contribution >= 0.6 is 0 Å². The lowest BCUT2D eigenvalue weighted by atomic mass is 10.0. The topological polar surface area (TPSA) is 99.3 Å². The standard InChI is InChI=1S/C24H38N4O5S/c1-4-5-12-26(3)13-6-11-25-23(29)17-28-21-16-20(7-8-22(21)33-18-24(28)30)34(31,32)27-14-9-19(2)10-15-27/h7-8,16,19H,4-6,9-15,17-18H2,1-3H3,(H,25,29). The summed E-state index contributed by atoms with van der Waals surface area (Å²) < 4.78 is 33.4. The zero-order valence-corrected chi connectivity index (χ0v) is 21.4. The number of nitrogens with zero attached hydrogens (tertiary/aromatic N) is 3. The molecule has 0 unspecified atom stereocenters. The molecule has 1 aromatic rings. The first-order valence-corrected chi connectivity index (χ1v) is 13.7. The molecule has 190 valence electrons. The largest absolute Gasteiger partial charge is 0.482 e. The Hall–Kier alpha value is -2.17. The molecule has 1 aromatic carbocycles. The number of fused-ring (bicyclic) bond motifs is 1. The van der Waals surface area contributed by atoms with Gasteiger partial charge in [-0.3, -0.25) is 14.5 Å². The molecule has 0 aliphatic carbocycles. The van der Waals surface area contributed by atoms with Crippen LogP contribution in [0.3, 0.4) is 0 Å². The number of anilines is 1. The maximum atomic E-state index is 13.2. The predicted molar refractivity (Wildman–Crippen MR) is 131 cm³/mol. The molecule has 3 rings (SSSR count). The van der Waals surface area contributed by atoms with Crippen LogP contribution in [0.1, 0.15) is 46.0 Å². The summed E-state index contributed by atoms with van der Waals surface area (Å²) in [7, 11) is -1.62. The molecule has 0 saturated carbocycles. The number of hydrogen-bond acceptors (Lipinski definition) is 6. The van der Waals surface area contributed by atoms with Crippen molar-refractivity contribution in [1.29, 1.82) is 0 Å². The van der Waals surface area contributed by atoms with Crippen LogP contribution in [0.2, 0.25) is 0 Å². The van der Waals surface area contributed by atoms with Gasteiger partial charge in [-0.1, -0.05) is 20.3 Å². The number of carbonyl (C=O) groups is 2. The molecule has 34 heavy (non-hydrogen) atoms. The van der Waals surface area contributed by atoms with Gasteiger partial charge in [0.2, 0.25) is 15.9 Å². The van der Waals surface area contributed by atoms with Crippen LogP contribution in [-0.2, 0) is 19.6 Å². The highest BCUT2D eigenvalue weighted by Gasteiger charge is 2.32. The van der Waals surface area contributed by atoms with Crippen LogP contribution < -0.4 is 15.0 Å². The Morgan fingerprint density at radius 3 is 2.62 bits per heavy atom. The molecule has 0 radical (unpaired) electrons. The minimum absolute atomic E-state index is 0.111. The Kier molecular flexibility index (Phi) is 9.32. The predicted octanol–water partition coefficient (Wildman–Crippen LogP) is 2.07. The van der Waals surface area contributed by atoms with Crippen molar-refractivity contribution < 1.29 is 22.7 Å². The second-order valence-electron chi connectivity index (χ2n) is 9.35. The van der Waals surface area contributed by atoms with Gasteiger partial charge in [0.05, 0.1) is 10.6 Å². The van der Waals surface area contributed by atoms with E-state index in [0.717, 1.165) is 45.2 Å². The monoisotopic (exact) mass is 494 g/mol. The van der Waals surface area contributed by atoms with E-state index >= 15 is 0 Å². The molecule has 0 aromatic heterocycles. The molecule has 2 amide bonds. The van der Waals surface area contributed by atoms with Gasteiger partial charge >= 0.3 is 0 Å². The third-order valence-corrected chi connectivity index (χ3v) is 8.38. The van der Waals surface area contributed by atoms with Crippen molar-refractivity contribution in [1.82, 2.24) is 14.5 Å². The van der Waals surface area contributed by atoms with E-state index in [1.807, 2.05) is 0 Å². The van der Waals surface area contributed by atoms with E-state index in [0.29, 0.717) is 37.0 Å². The smallest absolute Gasteiger partial charge is 0.265 e. The number of piperidine rings is 1. The maximum absolute atomic E-state index is 13.2. The number of nitrogens with one attached hydrogen (secondary N) is 1. The van der Waals surface area contributed by atoms with E-state index in [1.54, 1.807) is 6.07 Å². The lowest BCUT2D eigenvalue weighted by Gasteiger charge is -2.31. The van der Waals surface area contributed by atoms with Crippen LogP contribution in [0, 0.1) is 5.92 Å². The molecule has 1 saturated heterocycles. The van der Waals surface area contributed by atoms with E-state index in [1.165, 1.54) is 21.3 Å². The number of unbranched alkanes of at least 4 members (excludes halogenated alkanes) is 1. The van der Waals surface area contributed by atoms with Crippen molar-refractivity contribution in [3.8, 4) is 5.75 Å². The van der Waals surface area contributed by atoms with Crippen LogP contribution in [0.5, 0.6) is 5.75 Å². The van der Waals surface area contributed by atoms with Gasteiger partial charge in [-0.25, -0.2) is 8.42 Å². The number of rotatable bonds is 11. The maximum Gasteiger partial charge on any atom is 0.265 e. The summed E-state index contributed by atoms with van der Waals surface area (Å²) in [6, 6.07) is 4.53. The van der Waals surface area contributed by atoms with Crippen molar-refractivity contribution >= 4 is 27.5 Å². The summed E-state index contributed by atoms with van der Waals surface area (Å²) in [4.78, 5) is 28.8. The summed E-state index contributed by atoms with van der Waals surface area (Å²) in [6.07, 6.45) is 4.77. The summed E-state index contributed by atoms with van der Waals surface area (Å²) in [6.45, 7) is 7.32. The van der Waals surface area contributed by atoms with Gasteiger partial charge in [-0.05, 0) is 69.9 Å². The number of carbonyl (C=O) groups excluding carboxylic acids is 2. The molecule has 9 nitrogen and oxygen atoms in total. The van der Waals surface area contributed by atoms with Gasteiger partial charge in [-0.15, -0.1) is 0 Å². The van der Waals surface area contributed by atoms with Crippen molar-refractivity contribution in [2.45, 2.75) is 50.8 Å². The first-order chi connectivity index (χ1) is 16.2. The minimum Gasteiger partial charge on any atom is -0.482 e. The van der Waals surface area contributed by atoms with E-state index in [4.69, 9.17) is 4.74 Å². The van der Waals surface area contributed by atoms with E-state index in [9.17, 15) is 18.0 Å². The molecule has 1 fully saturated rings. The van der Waals surface area contributed by atoms with Gasteiger partial charge < -0.3 is 15.0 Å². The van der Waals surface area contributed by atoms with Crippen LogP contribution in [0.15, 0.2) is 23.1 Å². The van der Waals surface area contributed by atoms with Crippen molar-refractivity contribution in [2.24, 2.45) is 5.92 Å². The Labute approximate surface area is 203 Å². The summed E-state index contributed by atoms with van der Waals surface area (Å²) in [5, 5.41) is 2.87. The Morgan fingerprint density at radius 1 is 1.21 bits per heavy atom. The number of benzene rings is 1. The van der Waals surface area contributed by atoms with Crippen LogP contribution in [0.25, 0.3) is 0 Å². The molecule has 0 atom stereocenters. The Balaban J connectivity index is 1.64. The average Bonchev–Trinajstić information content (AvgIpc) is 2.82. The van der Waals surface area contributed by atoms with Gasteiger partial charge in [0.15, 0.2) is 6.61 Å². The molecular formula is C24H38N4O5S. The number of ether oxygens (including phenoxy) is 1. The summed E-state index contributed by atoms with van der Waals surface area (Å²) >= 11 is 0. The fourth-order valence-corrected chi connectivity index (χ4v) is 5.70. The first-order valence-electron chi connectivity index (χ1n) is 12.2. The molecule has 2 aliphatic rings. The second kappa shape index (κ2) is 12.0. The van der Waals surface area contributed by atoms with Gasteiger partial charge in [0, 0.05) is 19.6 Å².